The monoisotopic (exact) mass is 222 g/mol. The summed E-state index contributed by atoms with van der Waals surface area (Å²) in [5.74, 6) is 0.0392. The van der Waals surface area contributed by atoms with Crippen molar-refractivity contribution in [3.8, 4) is 0 Å². The first-order valence-electron chi connectivity index (χ1n) is 5.42. The van der Waals surface area contributed by atoms with Crippen LogP contribution in [0, 0.1) is 18.7 Å². The second-order valence-corrected chi connectivity index (χ2v) is 4.05. The van der Waals surface area contributed by atoms with Gasteiger partial charge in [0.2, 0.25) is 5.91 Å². The molecule has 1 rings (SSSR count). The van der Waals surface area contributed by atoms with Crippen LogP contribution in [0.15, 0.2) is 24.3 Å². The van der Waals surface area contributed by atoms with Crippen molar-refractivity contribution in [1.29, 1.82) is 0 Å². The quantitative estimate of drug-likeness (QED) is 0.815. The smallest absolute Gasteiger partial charge is 0.220 e. The van der Waals surface area contributed by atoms with Crippen LogP contribution in [0.5, 0.6) is 0 Å². The van der Waals surface area contributed by atoms with Crippen molar-refractivity contribution in [2.24, 2.45) is 5.92 Å². The minimum Gasteiger partial charge on any atom is -0.352 e. The molecule has 3 heteroatoms. The van der Waals surface area contributed by atoms with Gasteiger partial charge in [-0.1, -0.05) is 26.0 Å². The second kappa shape index (κ2) is 6.26. The van der Waals surface area contributed by atoms with Crippen molar-refractivity contribution < 1.29 is 9.18 Å². The molecule has 1 atom stereocenters. The lowest BCUT2D eigenvalue weighted by atomic mass is 10.1. The molecule has 2 nitrogen and oxygen atoms in total. The molecule has 1 amide bonds. The van der Waals surface area contributed by atoms with Crippen molar-refractivity contribution in [3.63, 3.8) is 0 Å². The van der Waals surface area contributed by atoms with E-state index < -0.39 is 0 Å². The lowest BCUT2D eigenvalue weighted by Gasteiger charge is -2.06. The third-order valence-corrected chi connectivity index (χ3v) is 2.27. The van der Waals surface area contributed by atoms with Gasteiger partial charge in [-0.05, 0) is 30.0 Å². The van der Waals surface area contributed by atoms with Gasteiger partial charge in [0, 0.05) is 13.0 Å². The Morgan fingerprint density at radius 3 is 2.62 bits per heavy atom. The van der Waals surface area contributed by atoms with Crippen LogP contribution in [0.1, 0.15) is 25.3 Å². The van der Waals surface area contributed by atoms with Gasteiger partial charge in [-0.3, -0.25) is 4.79 Å². The summed E-state index contributed by atoms with van der Waals surface area (Å²) in [5.41, 5.74) is 0.900. The Morgan fingerprint density at radius 2 is 2.06 bits per heavy atom. The normalized spacial score (nSPS) is 10.5. The van der Waals surface area contributed by atoms with Gasteiger partial charge >= 0.3 is 0 Å². The van der Waals surface area contributed by atoms with Gasteiger partial charge in [0.05, 0.1) is 0 Å². The Kier molecular flexibility index (Phi) is 4.96. The Bertz CT molecular complexity index is 332. The lowest BCUT2D eigenvalue weighted by molar-refractivity contribution is -0.121. The van der Waals surface area contributed by atoms with E-state index in [2.05, 4.69) is 12.2 Å². The van der Waals surface area contributed by atoms with Crippen LogP contribution >= 0.6 is 0 Å². The van der Waals surface area contributed by atoms with Crippen LogP contribution in [0.2, 0.25) is 0 Å². The van der Waals surface area contributed by atoms with E-state index in [0.29, 0.717) is 13.0 Å². The SMILES string of the molecule is [CH2]C(C)CCC(=O)NCc1ccc(F)cc1. The minimum absolute atomic E-state index is 0.0137. The van der Waals surface area contributed by atoms with E-state index >= 15 is 0 Å². The summed E-state index contributed by atoms with van der Waals surface area (Å²) in [6.45, 7) is 6.25. The van der Waals surface area contributed by atoms with Crippen molar-refractivity contribution in [2.75, 3.05) is 0 Å². The molecule has 0 spiro atoms. The van der Waals surface area contributed by atoms with Gasteiger partial charge in [-0.2, -0.15) is 0 Å². The van der Waals surface area contributed by atoms with E-state index in [0.717, 1.165) is 12.0 Å². The molecule has 0 aliphatic heterocycles. The van der Waals surface area contributed by atoms with E-state index in [1.165, 1.54) is 12.1 Å². The Labute approximate surface area is 95.9 Å². The van der Waals surface area contributed by atoms with Crippen molar-refractivity contribution >= 4 is 5.91 Å². The van der Waals surface area contributed by atoms with E-state index in [9.17, 15) is 9.18 Å². The minimum atomic E-state index is -0.263. The van der Waals surface area contributed by atoms with Gasteiger partial charge < -0.3 is 5.32 Å². The van der Waals surface area contributed by atoms with Gasteiger partial charge in [-0.15, -0.1) is 0 Å². The number of halogens is 1. The molecule has 0 fully saturated rings. The highest BCUT2D eigenvalue weighted by Gasteiger charge is 2.03. The Morgan fingerprint density at radius 1 is 1.44 bits per heavy atom. The zero-order valence-corrected chi connectivity index (χ0v) is 9.50. The summed E-state index contributed by atoms with van der Waals surface area (Å²) in [6.07, 6.45) is 1.28. The maximum absolute atomic E-state index is 12.6. The molecule has 0 saturated heterocycles. The second-order valence-electron chi connectivity index (χ2n) is 4.05. The molecule has 0 heterocycles. The number of carbonyl (C=O) groups is 1. The number of nitrogens with one attached hydrogen (secondary N) is 1. The zero-order valence-electron chi connectivity index (χ0n) is 9.50. The van der Waals surface area contributed by atoms with Crippen LogP contribution in [0.25, 0.3) is 0 Å². The first-order valence-corrected chi connectivity index (χ1v) is 5.42. The predicted molar refractivity (Wildman–Crippen MR) is 62.0 cm³/mol. The van der Waals surface area contributed by atoms with Crippen molar-refractivity contribution in [2.45, 2.75) is 26.3 Å². The topological polar surface area (TPSA) is 29.1 Å². The molecule has 87 valence electrons. The van der Waals surface area contributed by atoms with Crippen LogP contribution in [0.4, 0.5) is 4.39 Å². The van der Waals surface area contributed by atoms with Gasteiger partial charge in [-0.25, -0.2) is 4.39 Å². The first kappa shape index (κ1) is 12.7. The highest BCUT2D eigenvalue weighted by atomic mass is 19.1. The molecule has 1 radical (unpaired) electrons. The third kappa shape index (κ3) is 4.91. The molecule has 0 aliphatic carbocycles. The number of carbonyl (C=O) groups excluding carboxylic acids is 1. The standard InChI is InChI=1S/C13H17FNO/c1-10(2)3-8-13(16)15-9-11-4-6-12(14)7-5-11/h4-7,10H,1,3,8-9H2,2H3,(H,15,16). The highest BCUT2D eigenvalue weighted by Crippen LogP contribution is 2.04. The number of hydrogen-bond donors (Lipinski definition) is 1. The molecule has 1 aromatic carbocycles. The maximum Gasteiger partial charge on any atom is 0.220 e. The first-order chi connectivity index (χ1) is 7.58. The van der Waals surface area contributed by atoms with Crippen LogP contribution in [-0.4, -0.2) is 5.91 Å². The molecular formula is C13H17FNO. The molecule has 1 aromatic rings. The number of amides is 1. The molecule has 0 saturated carbocycles. The van der Waals surface area contributed by atoms with Crippen molar-refractivity contribution in [1.82, 2.24) is 5.32 Å². The fraction of sp³-hybridized carbons (Fsp3) is 0.385. The summed E-state index contributed by atoms with van der Waals surface area (Å²) in [7, 11) is 0. The average Bonchev–Trinajstić information content (AvgIpc) is 2.25. The molecule has 1 N–H and O–H groups in total. The largest absolute Gasteiger partial charge is 0.352 e. The highest BCUT2D eigenvalue weighted by molar-refractivity contribution is 5.75. The summed E-state index contributed by atoms with van der Waals surface area (Å²) in [4.78, 5) is 11.4. The summed E-state index contributed by atoms with van der Waals surface area (Å²) >= 11 is 0. The number of benzene rings is 1. The summed E-state index contributed by atoms with van der Waals surface area (Å²) in [5, 5.41) is 2.78. The van der Waals surface area contributed by atoms with E-state index in [4.69, 9.17) is 0 Å². The summed E-state index contributed by atoms with van der Waals surface area (Å²) in [6, 6.07) is 6.11. The van der Waals surface area contributed by atoms with Crippen LogP contribution in [0.3, 0.4) is 0 Å². The lowest BCUT2D eigenvalue weighted by Crippen LogP contribution is -2.22. The van der Waals surface area contributed by atoms with Crippen LogP contribution in [-0.2, 0) is 11.3 Å². The third-order valence-electron chi connectivity index (χ3n) is 2.27. The van der Waals surface area contributed by atoms with Crippen LogP contribution < -0.4 is 5.32 Å². The Balaban J connectivity index is 2.29. The molecular weight excluding hydrogens is 205 g/mol. The molecule has 0 bridgehead atoms. The molecule has 1 unspecified atom stereocenters. The van der Waals surface area contributed by atoms with Crippen molar-refractivity contribution in [3.05, 3.63) is 42.6 Å². The van der Waals surface area contributed by atoms with E-state index in [1.807, 2.05) is 6.92 Å². The van der Waals surface area contributed by atoms with Gasteiger partial charge in [0.25, 0.3) is 0 Å². The fourth-order valence-corrected chi connectivity index (χ4v) is 1.27. The maximum atomic E-state index is 12.6. The molecule has 0 aliphatic rings. The molecule has 16 heavy (non-hydrogen) atoms. The molecule has 0 aromatic heterocycles. The van der Waals surface area contributed by atoms with Gasteiger partial charge in [0.15, 0.2) is 0 Å². The number of hydrogen-bond acceptors (Lipinski definition) is 1. The Hall–Kier alpha value is -1.38. The fourth-order valence-electron chi connectivity index (χ4n) is 1.27. The number of rotatable bonds is 5. The van der Waals surface area contributed by atoms with E-state index in [-0.39, 0.29) is 17.6 Å². The van der Waals surface area contributed by atoms with Gasteiger partial charge in [0.1, 0.15) is 5.82 Å². The summed E-state index contributed by atoms with van der Waals surface area (Å²) < 4.78 is 12.6. The predicted octanol–water partition coefficient (Wildman–Crippen LogP) is 2.69. The zero-order chi connectivity index (χ0) is 12.0. The van der Waals surface area contributed by atoms with E-state index in [1.54, 1.807) is 12.1 Å². The average molecular weight is 222 g/mol.